The monoisotopic (exact) mass is 346 g/mol. The van der Waals surface area contributed by atoms with Crippen LogP contribution in [0, 0.1) is 5.41 Å². The largest absolute Gasteiger partial charge is 0.455 e. The van der Waals surface area contributed by atoms with E-state index in [9.17, 15) is 4.79 Å². The van der Waals surface area contributed by atoms with Crippen molar-refractivity contribution < 1.29 is 9.53 Å². The lowest BCUT2D eigenvalue weighted by Gasteiger charge is -2.12. The summed E-state index contributed by atoms with van der Waals surface area (Å²) in [6, 6.07) is 23.3. The van der Waals surface area contributed by atoms with E-state index in [1.165, 1.54) is 0 Å². The summed E-state index contributed by atoms with van der Waals surface area (Å²) in [6.07, 6.45) is 0. The van der Waals surface area contributed by atoms with Crippen molar-refractivity contribution in [2.24, 2.45) is 5.73 Å². The molecule has 130 valence electrons. The molecular weight excluding hydrogens is 328 g/mol. The van der Waals surface area contributed by atoms with Gasteiger partial charge in [-0.1, -0.05) is 30.3 Å². The number of hydrogen-bond acceptors (Lipinski definition) is 3. The molecule has 3 aromatic carbocycles. The molecule has 0 aliphatic rings. The van der Waals surface area contributed by atoms with Crippen LogP contribution in [0.15, 0.2) is 78.9 Å². The maximum atomic E-state index is 12.5. The van der Waals surface area contributed by atoms with Gasteiger partial charge < -0.3 is 21.1 Å². The van der Waals surface area contributed by atoms with Gasteiger partial charge >= 0.3 is 0 Å². The van der Waals surface area contributed by atoms with E-state index in [-0.39, 0.29) is 11.9 Å². The lowest BCUT2D eigenvalue weighted by atomic mass is 10.2. The highest BCUT2D eigenvalue weighted by Crippen LogP contribution is 2.29. The normalized spacial score (nSPS) is 10.0. The SMILES string of the molecule is N=C(N)Nc1ccc(C(=O)Nc2ccccc2Oc2ccccc2)cc1. The van der Waals surface area contributed by atoms with Gasteiger partial charge in [-0.25, -0.2) is 0 Å². The molecule has 6 heteroatoms. The van der Waals surface area contributed by atoms with Crippen molar-refractivity contribution in [1.82, 2.24) is 0 Å². The number of amides is 1. The van der Waals surface area contributed by atoms with Gasteiger partial charge in [-0.05, 0) is 48.5 Å². The molecule has 0 saturated carbocycles. The molecule has 0 aliphatic heterocycles. The van der Waals surface area contributed by atoms with E-state index in [0.717, 1.165) is 0 Å². The van der Waals surface area contributed by atoms with Gasteiger partial charge in [0, 0.05) is 11.3 Å². The fraction of sp³-hybridized carbons (Fsp3) is 0. The van der Waals surface area contributed by atoms with Crippen LogP contribution in [0.3, 0.4) is 0 Å². The number of carbonyl (C=O) groups is 1. The molecule has 26 heavy (non-hydrogen) atoms. The number of anilines is 2. The minimum atomic E-state index is -0.261. The summed E-state index contributed by atoms with van der Waals surface area (Å²) in [7, 11) is 0. The number of nitrogens with two attached hydrogens (primary N) is 1. The fourth-order valence-corrected chi connectivity index (χ4v) is 2.33. The van der Waals surface area contributed by atoms with Crippen LogP contribution < -0.4 is 21.1 Å². The maximum Gasteiger partial charge on any atom is 0.255 e. The van der Waals surface area contributed by atoms with Crippen molar-refractivity contribution >= 4 is 23.2 Å². The molecular formula is C20H18N4O2. The van der Waals surface area contributed by atoms with Gasteiger partial charge in [0.1, 0.15) is 5.75 Å². The molecule has 0 atom stereocenters. The third-order valence-corrected chi connectivity index (χ3v) is 3.53. The highest BCUT2D eigenvalue weighted by atomic mass is 16.5. The molecule has 0 bridgehead atoms. The first-order valence-corrected chi connectivity index (χ1v) is 7.96. The van der Waals surface area contributed by atoms with Crippen molar-refractivity contribution in [1.29, 1.82) is 5.41 Å². The van der Waals surface area contributed by atoms with Crippen molar-refractivity contribution in [3.05, 3.63) is 84.4 Å². The van der Waals surface area contributed by atoms with Crippen LogP contribution in [-0.2, 0) is 0 Å². The average Bonchev–Trinajstić information content (AvgIpc) is 2.64. The first-order valence-electron chi connectivity index (χ1n) is 7.96. The van der Waals surface area contributed by atoms with Gasteiger partial charge in [-0.3, -0.25) is 10.2 Å². The number of benzene rings is 3. The summed E-state index contributed by atoms with van der Waals surface area (Å²) in [5.41, 5.74) is 6.98. The molecule has 0 unspecified atom stereocenters. The topological polar surface area (TPSA) is 100 Å². The van der Waals surface area contributed by atoms with E-state index in [1.54, 1.807) is 36.4 Å². The lowest BCUT2D eigenvalue weighted by molar-refractivity contribution is 0.102. The summed E-state index contributed by atoms with van der Waals surface area (Å²) < 4.78 is 5.85. The van der Waals surface area contributed by atoms with Crippen molar-refractivity contribution in [2.45, 2.75) is 0 Å². The van der Waals surface area contributed by atoms with E-state index in [4.69, 9.17) is 15.9 Å². The zero-order valence-corrected chi connectivity index (χ0v) is 13.9. The van der Waals surface area contributed by atoms with Crippen LogP contribution in [0.4, 0.5) is 11.4 Å². The second kappa shape index (κ2) is 7.85. The predicted molar refractivity (Wildman–Crippen MR) is 103 cm³/mol. The van der Waals surface area contributed by atoms with Crippen LogP contribution in [0.5, 0.6) is 11.5 Å². The van der Waals surface area contributed by atoms with Gasteiger partial charge in [-0.2, -0.15) is 0 Å². The van der Waals surface area contributed by atoms with E-state index in [1.807, 2.05) is 42.5 Å². The first kappa shape index (κ1) is 17.0. The van der Waals surface area contributed by atoms with Crippen LogP contribution >= 0.6 is 0 Å². The third-order valence-electron chi connectivity index (χ3n) is 3.53. The molecule has 0 saturated heterocycles. The molecule has 1 amide bonds. The van der Waals surface area contributed by atoms with E-state index < -0.39 is 0 Å². The minimum Gasteiger partial charge on any atom is -0.455 e. The molecule has 6 nitrogen and oxygen atoms in total. The quantitative estimate of drug-likeness (QED) is 0.414. The van der Waals surface area contributed by atoms with Gasteiger partial charge in [0.05, 0.1) is 5.69 Å². The number of guanidine groups is 1. The van der Waals surface area contributed by atoms with E-state index in [0.29, 0.717) is 28.4 Å². The Kier molecular flexibility index (Phi) is 5.14. The van der Waals surface area contributed by atoms with Crippen LogP contribution in [0.2, 0.25) is 0 Å². The summed E-state index contributed by atoms with van der Waals surface area (Å²) in [5.74, 6) is 0.827. The smallest absolute Gasteiger partial charge is 0.255 e. The first-order chi connectivity index (χ1) is 12.6. The highest BCUT2D eigenvalue weighted by molar-refractivity contribution is 6.05. The predicted octanol–water partition coefficient (Wildman–Crippen LogP) is 4.04. The Bertz CT molecular complexity index is 909. The van der Waals surface area contributed by atoms with E-state index in [2.05, 4.69) is 10.6 Å². The molecule has 0 fully saturated rings. The molecule has 0 radical (unpaired) electrons. The molecule has 3 rings (SSSR count). The Morgan fingerprint density at radius 3 is 2.19 bits per heavy atom. The summed E-state index contributed by atoms with van der Waals surface area (Å²) in [4.78, 5) is 12.5. The van der Waals surface area contributed by atoms with Crippen LogP contribution in [-0.4, -0.2) is 11.9 Å². The molecule has 0 aromatic heterocycles. The fourth-order valence-electron chi connectivity index (χ4n) is 2.33. The van der Waals surface area contributed by atoms with Crippen molar-refractivity contribution in [2.75, 3.05) is 10.6 Å². The van der Waals surface area contributed by atoms with E-state index >= 15 is 0 Å². The Morgan fingerprint density at radius 1 is 0.846 bits per heavy atom. The number of nitrogens with one attached hydrogen (secondary N) is 3. The van der Waals surface area contributed by atoms with Crippen LogP contribution in [0.25, 0.3) is 0 Å². The molecule has 0 heterocycles. The Balaban J connectivity index is 1.74. The number of hydrogen-bond donors (Lipinski definition) is 4. The molecule has 3 aromatic rings. The molecule has 0 spiro atoms. The minimum absolute atomic E-state index is 0.158. The zero-order valence-electron chi connectivity index (χ0n) is 13.9. The Hall–Kier alpha value is -3.80. The zero-order chi connectivity index (χ0) is 18.4. The summed E-state index contributed by atoms with van der Waals surface area (Å²) in [6.45, 7) is 0. The Morgan fingerprint density at radius 2 is 1.50 bits per heavy atom. The van der Waals surface area contributed by atoms with Gasteiger partial charge in [0.15, 0.2) is 11.7 Å². The second-order valence-electron chi connectivity index (χ2n) is 5.48. The third kappa shape index (κ3) is 4.39. The van der Waals surface area contributed by atoms with Crippen LogP contribution in [0.1, 0.15) is 10.4 Å². The molecule has 0 aliphatic carbocycles. The Labute approximate surface area is 151 Å². The lowest BCUT2D eigenvalue weighted by Crippen LogP contribution is -2.20. The number of carbonyl (C=O) groups excluding carboxylic acids is 1. The van der Waals surface area contributed by atoms with Gasteiger partial charge in [0.2, 0.25) is 0 Å². The second-order valence-corrected chi connectivity index (χ2v) is 5.48. The van der Waals surface area contributed by atoms with Gasteiger partial charge in [-0.15, -0.1) is 0 Å². The standard InChI is InChI=1S/C20H18N4O2/c21-20(22)23-15-12-10-14(11-13-15)19(25)24-17-8-4-5-9-18(17)26-16-6-2-1-3-7-16/h1-13H,(H,24,25)(H4,21,22,23). The van der Waals surface area contributed by atoms with Crippen molar-refractivity contribution in [3.8, 4) is 11.5 Å². The number of para-hydroxylation sites is 3. The average molecular weight is 346 g/mol. The van der Waals surface area contributed by atoms with Gasteiger partial charge in [0.25, 0.3) is 5.91 Å². The number of ether oxygens (including phenoxy) is 1. The summed E-state index contributed by atoms with van der Waals surface area (Å²) >= 11 is 0. The molecule has 5 N–H and O–H groups in total. The van der Waals surface area contributed by atoms with Crippen molar-refractivity contribution in [3.63, 3.8) is 0 Å². The number of rotatable bonds is 5. The highest BCUT2D eigenvalue weighted by Gasteiger charge is 2.10. The maximum absolute atomic E-state index is 12.5. The summed E-state index contributed by atoms with van der Waals surface area (Å²) in [5, 5.41) is 12.7.